The van der Waals surface area contributed by atoms with Gasteiger partial charge < -0.3 is 10.1 Å². The highest BCUT2D eigenvalue weighted by atomic mass is 16.6. The molecule has 0 unspecified atom stereocenters. The van der Waals surface area contributed by atoms with E-state index in [-0.39, 0.29) is 16.7 Å². The number of carbonyl (C=O) groups excluding carboxylic acids is 1. The first-order valence-electron chi connectivity index (χ1n) is 8.94. The van der Waals surface area contributed by atoms with Gasteiger partial charge >= 0.3 is 11.7 Å². The smallest absolute Gasteiger partial charge is 0.337 e. The normalized spacial score (nSPS) is 10.7. The Morgan fingerprint density at radius 1 is 1.03 bits per heavy atom. The minimum Gasteiger partial charge on any atom is -0.465 e. The van der Waals surface area contributed by atoms with E-state index in [4.69, 9.17) is 9.37 Å². The second-order valence-electron chi connectivity index (χ2n) is 6.59. The Balaban J connectivity index is 1.83. The number of esters is 1. The lowest BCUT2D eigenvalue weighted by Crippen LogP contribution is -2.03. The summed E-state index contributed by atoms with van der Waals surface area (Å²) in [6.45, 7) is 1.99. The molecule has 1 aromatic heterocycles. The Labute approximate surface area is 170 Å². The maximum Gasteiger partial charge on any atom is 0.337 e. The Bertz CT molecular complexity index is 1260. The van der Waals surface area contributed by atoms with Gasteiger partial charge in [-0.3, -0.25) is 10.1 Å². The first-order valence-corrected chi connectivity index (χ1v) is 8.94. The Kier molecular flexibility index (Phi) is 4.85. The van der Waals surface area contributed by atoms with Crippen LogP contribution in [-0.4, -0.2) is 28.3 Å². The van der Waals surface area contributed by atoms with Crippen molar-refractivity contribution in [1.82, 2.24) is 10.3 Å². The Morgan fingerprint density at radius 2 is 1.73 bits per heavy atom. The van der Waals surface area contributed by atoms with Gasteiger partial charge in [0.1, 0.15) is 0 Å². The quantitative estimate of drug-likeness (QED) is 0.290. The van der Waals surface area contributed by atoms with Crippen LogP contribution in [0, 0.1) is 17.0 Å². The monoisotopic (exact) mass is 404 g/mol. The predicted octanol–water partition coefficient (Wildman–Crippen LogP) is 4.64. The molecule has 1 N–H and O–H groups in total. The largest absolute Gasteiger partial charge is 0.465 e. The standard InChI is InChI=1S/C21H16N4O5/c1-12-3-5-13(6-4-12)15-11-14(21(26)29-2)7-8-16(15)22-17-9-10-18(25(27)28)20-19(17)23-30-24-20/h3-11,22H,1-2H3. The van der Waals surface area contributed by atoms with Gasteiger partial charge in [0.05, 0.1) is 23.3 Å². The van der Waals surface area contributed by atoms with Gasteiger partial charge in [0.15, 0.2) is 5.52 Å². The maximum absolute atomic E-state index is 12.0. The number of methoxy groups -OCH3 is 1. The number of nitro benzene ring substituents is 1. The molecule has 0 aliphatic carbocycles. The van der Waals surface area contributed by atoms with Gasteiger partial charge in [0.2, 0.25) is 5.52 Å². The number of non-ortho nitro benzene ring substituents is 1. The lowest BCUT2D eigenvalue weighted by molar-refractivity contribution is -0.383. The van der Waals surface area contributed by atoms with Gasteiger partial charge in [-0.2, -0.15) is 0 Å². The van der Waals surface area contributed by atoms with Crippen molar-refractivity contribution >= 4 is 34.1 Å². The van der Waals surface area contributed by atoms with Crippen LogP contribution in [0.2, 0.25) is 0 Å². The third-order valence-electron chi connectivity index (χ3n) is 4.66. The molecule has 150 valence electrons. The first kappa shape index (κ1) is 19.1. The average molecular weight is 404 g/mol. The number of ether oxygens (including phenoxy) is 1. The van der Waals surface area contributed by atoms with E-state index in [0.717, 1.165) is 16.7 Å². The molecule has 0 radical (unpaired) electrons. The summed E-state index contributed by atoms with van der Waals surface area (Å²) in [5, 5.41) is 21.9. The molecule has 30 heavy (non-hydrogen) atoms. The van der Waals surface area contributed by atoms with E-state index in [1.165, 1.54) is 19.2 Å². The molecular weight excluding hydrogens is 388 g/mol. The summed E-state index contributed by atoms with van der Waals surface area (Å²) in [6.07, 6.45) is 0. The fourth-order valence-electron chi connectivity index (χ4n) is 3.12. The zero-order chi connectivity index (χ0) is 21.3. The number of benzene rings is 3. The third-order valence-corrected chi connectivity index (χ3v) is 4.66. The van der Waals surface area contributed by atoms with Crippen molar-refractivity contribution in [3.05, 3.63) is 75.8 Å². The molecule has 0 amide bonds. The number of nitrogens with one attached hydrogen (secondary N) is 1. The highest BCUT2D eigenvalue weighted by molar-refractivity contribution is 5.98. The summed E-state index contributed by atoms with van der Waals surface area (Å²) < 4.78 is 9.56. The Hall–Kier alpha value is -4.27. The van der Waals surface area contributed by atoms with E-state index in [9.17, 15) is 14.9 Å². The summed E-state index contributed by atoms with van der Waals surface area (Å²) in [6, 6.07) is 15.8. The molecule has 0 spiro atoms. The lowest BCUT2D eigenvalue weighted by Gasteiger charge is -2.14. The zero-order valence-corrected chi connectivity index (χ0v) is 16.1. The molecule has 0 atom stereocenters. The SMILES string of the molecule is COC(=O)c1ccc(Nc2ccc([N+](=O)[O-])c3nonc23)c(-c2ccc(C)cc2)c1. The van der Waals surface area contributed by atoms with Crippen LogP contribution in [0.4, 0.5) is 17.1 Å². The van der Waals surface area contributed by atoms with Crippen LogP contribution in [0.3, 0.4) is 0 Å². The minimum atomic E-state index is -0.542. The molecule has 1 heterocycles. The molecular formula is C21H16N4O5. The average Bonchev–Trinajstić information content (AvgIpc) is 3.24. The summed E-state index contributed by atoms with van der Waals surface area (Å²) in [5.74, 6) is -0.451. The topological polar surface area (TPSA) is 120 Å². The predicted molar refractivity (Wildman–Crippen MR) is 110 cm³/mol. The van der Waals surface area contributed by atoms with Gasteiger partial charge in [-0.15, -0.1) is 0 Å². The van der Waals surface area contributed by atoms with Crippen LogP contribution in [0.15, 0.2) is 59.2 Å². The van der Waals surface area contributed by atoms with E-state index >= 15 is 0 Å². The number of hydrogen-bond donors (Lipinski definition) is 1. The zero-order valence-electron chi connectivity index (χ0n) is 16.1. The Morgan fingerprint density at radius 3 is 2.43 bits per heavy atom. The number of rotatable bonds is 5. The van der Waals surface area contributed by atoms with Gasteiger partial charge in [-0.05, 0) is 47.1 Å². The number of hydrogen-bond acceptors (Lipinski definition) is 8. The van der Waals surface area contributed by atoms with Crippen LogP contribution >= 0.6 is 0 Å². The molecule has 4 rings (SSSR count). The molecule has 0 saturated carbocycles. The molecule has 0 saturated heterocycles. The van der Waals surface area contributed by atoms with Gasteiger partial charge in [-0.1, -0.05) is 29.8 Å². The molecule has 9 nitrogen and oxygen atoms in total. The number of nitro groups is 1. The fraction of sp³-hybridized carbons (Fsp3) is 0.0952. The van der Waals surface area contributed by atoms with Crippen LogP contribution in [0.1, 0.15) is 15.9 Å². The van der Waals surface area contributed by atoms with Crippen molar-refractivity contribution < 1.29 is 19.1 Å². The molecule has 4 aromatic rings. The fourth-order valence-corrected chi connectivity index (χ4v) is 3.12. The molecule has 3 aromatic carbocycles. The van der Waals surface area contributed by atoms with Crippen LogP contribution < -0.4 is 5.32 Å². The summed E-state index contributed by atoms with van der Waals surface area (Å²) in [4.78, 5) is 22.7. The molecule has 0 bridgehead atoms. The maximum atomic E-state index is 12.0. The van der Waals surface area contributed by atoms with Crippen LogP contribution in [0.5, 0.6) is 0 Å². The number of fused-ring (bicyclic) bond motifs is 1. The van der Waals surface area contributed by atoms with Crippen molar-refractivity contribution in [2.24, 2.45) is 0 Å². The van der Waals surface area contributed by atoms with Crippen molar-refractivity contribution in [2.45, 2.75) is 6.92 Å². The van der Waals surface area contributed by atoms with E-state index in [0.29, 0.717) is 16.9 Å². The minimum absolute atomic E-state index is 0.0491. The molecule has 0 aliphatic heterocycles. The number of carbonyl (C=O) groups is 1. The molecule has 9 heteroatoms. The molecule has 0 aliphatic rings. The van der Waals surface area contributed by atoms with E-state index in [2.05, 4.69) is 15.6 Å². The van der Waals surface area contributed by atoms with Crippen LogP contribution in [0.25, 0.3) is 22.2 Å². The number of nitrogens with zero attached hydrogens (tertiary/aromatic N) is 3. The van der Waals surface area contributed by atoms with Crippen molar-refractivity contribution in [1.29, 1.82) is 0 Å². The summed E-state index contributed by atoms with van der Waals surface area (Å²) in [5.41, 5.74) is 4.37. The van der Waals surface area contributed by atoms with Crippen LogP contribution in [-0.2, 0) is 4.74 Å². The van der Waals surface area contributed by atoms with E-state index in [1.54, 1.807) is 18.2 Å². The van der Waals surface area contributed by atoms with E-state index in [1.807, 2.05) is 31.2 Å². The highest BCUT2D eigenvalue weighted by Crippen LogP contribution is 2.35. The number of anilines is 2. The number of aryl methyl sites for hydroxylation is 1. The third kappa shape index (κ3) is 3.44. The van der Waals surface area contributed by atoms with Crippen molar-refractivity contribution in [3.8, 4) is 11.1 Å². The first-order chi connectivity index (χ1) is 14.5. The van der Waals surface area contributed by atoms with Crippen molar-refractivity contribution in [3.63, 3.8) is 0 Å². The summed E-state index contributed by atoms with van der Waals surface area (Å²) >= 11 is 0. The van der Waals surface area contributed by atoms with Gasteiger partial charge in [0.25, 0.3) is 0 Å². The lowest BCUT2D eigenvalue weighted by atomic mass is 9.99. The van der Waals surface area contributed by atoms with Crippen molar-refractivity contribution in [2.75, 3.05) is 12.4 Å². The summed E-state index contributed by atoms with van der Waals surface area (Å²) in [7, 11) is 1.32. The van der Waals surface area contributed by atoms with Gasteiger partial charge in [-0.25, -0.2) is 9.42 Å². The number of aromatic nitrogens is 2. The molecule has 0 fully saturated rings. The second kappa shape index (κ2) is 7.63. The van der Waals surface area contributed by atoms with E-state index < -0.39 is 10.9 Å². The van der Waals surface area contributed by atoms with Gasteiger partial charge in [0, 0.05) is 17.3 Å². The second-order valence-corrected chi connectivity index (χ2v) is 6.59. The highest BCUT2D eigenvalue weighted by Gasteiger charge is 2.20.